The summed E-state index contributed by atoms with van der Waals surface area (Å²) in [6.07, 6.45) is 4.31. The first-order valence-electron chi connectivity index (χ1n) is 4.99. The molecular weight excluding hydrogens is 175 g/mol. The molecule has 3 heteroatoms. The molecule has 0 N–H and O–H groups in total. The van der Waals surface area contributed by atoms with Crippen LogP contribution in [0, 0.1) is 0 Å². The fourth-order valence-corrected chi connectivity index (χ4v) is 1.37. The predicted octanol–water partition coefficient (Wildman–Crippen LogP) is 2.84. The SMILES string of the molecule is CCC/C=C/B1Oc2ccccc2O1. The van der Waals surface area contributed by atoms with Crippen molar-refractivity contribution in [2.75, 3.05) is 0 Å². The minimum Gasteiger partial charge on any atom is -0.520 e. The van der Waals surface area contributed by atoms with E-state index in [2.05, 4.69) is 13.0 Å². The lowest BCUT2D eigenvalue weighted by Crippen LogP contribution is -2.21. The van der Waals surface area contributed by atoms with Gasteiger partial charge in [0.25, 0.3) is 0 Å². The Kier molecular flexibility index (Phi) is 2.77. The third-order valence-electron chi connectivity index (χ3n) is 2.08. The summed E-state index contributed by atoms with van der Waals surface area (Å²) in [7, 11) is -0.237. The quantitative estimate of drug-likeness (QED) is 0.679. The number of benzene rings is 1. The Morgan fingerprint density at radius 3 is 2.43 bits per heavy atom. The molecule has 0 aliphatic carbocycles. The Morgan fingerprint density at radius 1 is 1.21 bits per heavy atom. The predicted molar refractivity (Wildman–Crippen MR) is 57.5 cm³/mol. The van der Waals surface area contributed by atoms with Gasteiger partial charge < -0.3 is 9.31 Å². The van der Waals surface area contributed by atoms with Gasteiger partial charge >= 0.3 is 7.12 Å². The molecule has 0 bridgehead atoms. The van der Waals surface area contributed by atoms with Crippen LogP contribution in [0.5, 0.6) is 11.5 Å². The standard InChI is InChI=1S/C11H13BO2/c1-2-3-6-9-12-13-10-7-4-5-8-11(10)14-12/h4-9H,2-3H2,1H3/b9-6+. The Bertz CT molecular complexity index is 311. The van der Waals surface area contributed by atoms with Gasteiger partial charge in [0.05, 0.1) is 0 Å². The maximum Gasteiger partial charge on any atom is 0.624 e. The number of hydrogen-bond donors (Lipinski definition) is 0. The van der Waals surface area contributed by atoms with Crippen molar-refractivity contribution in [1.29, 1.82) is 0 Å². The number of hydrogen-bond acceptors (Lipinski definition) is 2. The average molecular weight is 188 g/mol. The molecule has 0 saturated heterocycles. The second-order valence-corrected chi connectivity index (χ2v) is 3.27. The number of allylic oxidation sites excluding steroid dienone is 1. The zero-order valence-electron chi connectivity index (χ0n) is 8.27. The Labute approximate surface area is 84.7 Å². The van der Waals surface area contributed by atoms with Crippen LogP contribution in [0.15, 0.2) is 36.3 Å². The summed E-state index contributed by atoms with van der Waals surface area (Å²) in [5.74, 6) is 3.63. The van der Waals surface area contributed by atoms with Crippen molar-refractivity contribution in [3.05, 3.63) is 36.3 Å². The normalized spacial score (nSPS) is 13.9. The lowest BCUT2D eigenvalue weighted by Gasteiger charge is -1.96. The van der Waals surface area contributed by atoms with Gasteiger partial charge in [0.2, 0.25) is 0 Å². The monoisotopic (exact) mass is 188 g/mol. The highest BCUT2D eigenvalue weighted by Gasteiger charge is 2.28. The third kappa shape index (κ3) is 1.92. The molecule has 0 aromatic heterocycles. The van der Waals surface area contributed by atoms with Gasteiger partial charge in [-0.05, 0) is 24.5 Å². The molecule has 1 aromatic carbocycles. The maximum absolute atomic E-state index is 5.54. The Balaban J connectivity index is 1.98. The second kappa shape index (κ2) is 4.22. The minimum atomic E-state index is -0.237. The van der Waals surface area contributed by atoms with Crippen LogP contribution < -0.4 is 9.31 Å². The van der Waals surface area contributed by atoms with Crippen molar-refractivity contribution >= 4 is 7.12 Å². The molecule has 0 fully saturated rings. The fraction of sp³-hybridized carbons (Fsp3) is 0.273. The highest BCUT2D eigenvalue weighted by molar-refractivity contribution is 6.53. The smallest absolute Gasteiger partial charge is 0.520 e. The molecule has 0 radical (unpaired) electrons. The van der Waals surface area contributed by atoms with Crippen molar-refractivity contribution in [3.63, 3.8) is 0 Å². The Morgan fingerprint density at radius 2 is 1.86 bits per heavy atom. The molecule has 72 valence electrons. The van der Waals surface area contributed by atoms with Crippen LogP contribution >= 0.6 is 0 Å². The van der Waals surface area contributed by atoms with E-state index < -0.39 is 0 Å². The van der Waals surface area contributed by atoms with Crippen LogP contribution in [0.2, 0.25) is 0 Å². The lowest BCUT2D eigenvalue weighted by molar-refractivity contribution is 0.517. The number of para-hydroxylation sites is 2. The maximum atomic E-state index is 5.54. The van der Waals surface area contributed by atoms with Crippen molar-refractivity contribution in [2.24, 2.45) is 0 Å². The molecule has 14 heavy (non-hydrogen) atoms. The second-order valence-electron chi connectivity index (χ2n) is 3.27. The Hall–Kier alpha value is -1.38. The van der Waals surface area contributed by atoms with Crippen LogP contribution in [0.1, 0.15) is 19.8 Å². The molecule has 1 aliphatic heterocycles. The van der Waals surface area contributed by atoms with Gasteiger partial charge in [-0.15, -0.1) is 0 Å². The van der Waals surface area contributed by atoms with Crippen molar-refractivity contribution in [3.8, 4) is 11.5 Å². The molecule has 0 unspecified atom stereocenters. The molecule has 1 aromatic rings. The summed E-state index contributed by atoms with van der Waals surface area (Å²) < 4.78 is 11.1. The summed E-state index contributed by atoms with van der Waals surface area (Å²) in [5.41, 5.74) is 0. The van der Waals surface area contributed by atoms with E-state index in [1.807, 2.05) is 30.2 Å². The van der Waals surface area contributed by atoms with E-state index in [9.17, 15) is 0 Å². The van der Waals surface area contributed by atoms with Crippen LogP contribution in [0.3, 0.4) is 0 Å². The van der Waals surface area contributed by atoms with Gasteiger partial charge in [-0.3, -0.25) is 0 Å². The van der Waals surface area contributed by atoms with E-state index in [-0.39, 0.29) is 7.12 Å². The lowest BCUT2D eigenvalue weighted by atomic mass is 9.90. The zero-order valence-corrected chi connectivity index (χ0v) is 8.27. The van der Waals surface area contributed by atoms with Crippen molar-refractivity contribution in [1.82, 2.24) is 0 Å². The molecule has 0 atom stereocenters. The van der Waals surface area contributed by atoms with Gasteiger partial charge in [-0.25, -0.2) is 0 Å². The molecular formula is C11H13BO2. The largest absolute Gasteiger partial charge is 0.624 e. The van der Waals surface area contributed by atoms with E-state index >= 15 is 0 Å². The van der Waals surface area contributed by atoms with Gasteiger partial charge in [-0.2, -0.15) is 0 Å². The number of fused-ring (bicyclic) bond motifs is 1. The summed E-state index contributed by atoms with van der Waals surface area (Å²) in [5, 5.41) is 0. The molecule has 1 heterocycles. The van der Waals surface area contributed by atoms with E-state index in [1.54, 1.807) is 0 Å². The summed E-state index contributed by atoms with van der Waals surface area (Å²) in [6, 6.07) is 7.73. The highest BCUT2D eigenvalue weighted by Crippen LogP contribution is 2.32. The average Bonchev–Trinajstić information content (AvgIpc) is 2.60. The molecule has 0 amide bonds. The van der Waals surface area contributed by atoms with E-state index in [4.69, 9.17) is 9.31 Å². The highest BCUT2D eigenvalue weighted by atomic mass is 16.6. The van der Waals surface area contributed by atoms with Crippen LogP contribution in [0.25, 0.3) is 0 Å². The third-order valence-corrected chi connectivity index (χ3v) is 2.08. The van der Waals surface area contributed by atoms with Gasteiger partial charge in [0.15, 0.2) is 0 Å². The topological polar surface area (TPSA) is 18.5 Å². The van der Waals surface area contributed by atoms with Crippen LogP contribution in [-0.4, -0.2) is 7.12 Å². The molecule has 0 saturated carbocycles. The summed E-state index contributed by atoms with van der Waals surface area (Å²) >= 11 is 0. The van der Waals surface area contributed by atoms with E-state index in [0.29, 0.717) is 0 Å². The van der Waals surface area contributed by atoms with Crippen molar-refractivity contribution < 1.29 is 9.31 Å². The first-order chi connectivity index (χ1) is 6.90. The van der Waals surface area contributed by atoms with Crippen molar-refractivity contribution in [2.45, 2.75) is 19.8 Å². The zero-order chi connectivity index (χ0) is 9.80. The van der Waals surface area contributed by atoms with E-state index in [0.717, 1.165) is 24.3 Å². The fourth-order valence-electron chi connectivity index (χ4n) is 1.37. The summed E-state index contributed by atoms with van der Waals surface area (Å²) in [6.45, 7) is 2.15. The molecule has 2 nitrogen and oxygen atoms in total. The van der Waals surface area contributed by atoms with Crippen LogP contribution in [-0.2, 0) is 0 Å². The van der Waals surface area contributed by atoms with Gasteiger partial charge in [0, 0.05) is 0 Å². The molecule has 1 aliphatic rings. The molecule has 0 spiro atoms. The van der Waals surface area contributed by atoms with E-state index in [1.165, 1.54) is 0 Å². The summed E-state index contributed by atoms with van der Waals surface area (Å²) in [4.78, 5) is 0. The minimum absolute atomic E-state index is 0.237. The van der Waals surface area contributed by atoms with Gasteiger partial charge in [-0.1, -0.05) is 31.6 Å². The molecule has 2 rings (SSSR count). The first-order valence-corrected chi connectivity index (χ1v) is 4.99. The van der Waals surface area contributed by atoms with Crippen LogP contribution in [0.4, 0.5) is 0 Å². The number of rotatable bonds is 3. The van der Waals surface area contributed by atoms with Gasteiger partial charge in [0.1, 0.15) is 11.5 Å². The number of unbranched alkanes of at least 4 members (excludes halogenated alkanes) is 1. The first kappa shape index (κ1) is 9.19.